The molecule has 0 fully saturated rings. The first-order valence-corrected chi connectivity index (χ1v) is 7.79. The molecule has 0 aliphatic heterocycles. The number of amides is 1. The Morgan fingerprint density at radius 2 is 1.75 bits per heavy atom. The number of carbonyl (C=O) groups is 1. The molecule has 0 spiro atoms. The third-order valence-electron chi connectivity index (χ3n) is 4.24. The van der Waals surface area contributed by atoms with Gasteiger partial charge in [0.1, 0.15) is 5.58 Å². The Kier molecular flexibility index (Phi) is 3.97. The Hall–Kier alpha value is -2.88. The van der Waals surface area contributed by atoms with Crippen LogP contribution >= 0.6 is 0 Å². The maximum absolute atomic E-state index is 12.5. The number of anilines is 1. The molecule has 4 heteroatoms. The number of nitrogens with one attached hydrogen (secondary N) is 1. The lowest BCUT2D eigenvalue weighted by atomic mass is 10.1. The summed E-state index contributed by atoms with van der Waals surface area (Å²) in [6.07, 6.45) is 0. The molecule has 24 heavy (non-hydrogen) atoms. The minimum atomic E-state index is -0.428. The predicted molar refractivity (Wildman–Crippen MR) is 95.8 cm³/mol. The smallest absolute Gasteiger partial charge is 0.291 e. The van der Waals surface area contributed by atoms with Crippen molar-refractivity contribution in [3.05, 3.63) is 74.6 Å². The number of hydrogen-bond acceptors (Lipinski definition) is 3. The van der Waals surface area contributed by atoms with Gasteiger partial charge in [-0.25, -0.2) is 0 Å². The Bertz CT molecular complexity index is 1020. The first-order valence-electron chi connectivity index (χ1n) is 7.79. The molecule has 1 aromatic heterocycles. The van der Waals surface area contributed by atoms with Gasteiger partial charge < -0.3 is 9.73 Å². The van der Waals surface area contributed by atoms with Gasteiger partial charge in [-0.3, -0.25) is 9.59 Å². The van der Waals surface area contributed by atoms with Gasteiger partial charge in [-0.1, -0.05) is 18.2 Å². The number of benzene rings is 2. The number of aryl methyl sites for hydroxylation is 3. The zero-order valence-corrected chi connectivity index (χ0v) is 14.2. The van der Waals surface area contributed by atoms with Crippen molar-refractivity contribution in [1.29, 1.82) is 0 Å². The molecule has 0 aliphatic carbocycles. The lowest BCUT2D eigenvalue weighted by Gasteiger charge is -2.10. The normalized spacial score (nSPS) is 10.8. The molecular formula is C20H19NO3. The van der Waals surface area contributed by atoms with E-state index in [1.165, 1.54) is 6.07 Å². The summed E-state index contributed by atoms with van der Waals surface area (Å²) in [5, 5.41) is 3.31. The minimum absolute atomic E-state index is 0.0142. The zero-order valence-electron chi connectivity index (χ0n) is 14.2. The van der Waals surface area contributed by atoms with E-state index in [2.05, 4.69) is 5.32 Å². The molecule has 0 atom stereocenters. The Balaban J connectivity index is 2.05. The summed E-state index contributed by atoms with van der Waals surface area (Å²) in [6.45, 7) is 7.71. The SMILES string of the molecule is Cc1cc(C)c2oc(C(=O)Nc3cccc(C)c3C)cc(=O)c2c1. The van der Waals surface area contributed by atoms with E-state index in [0.29, 0.717) is 16.7 Å². The number of carbonyl (C=O) groups excluding carboxylic acids is 1. The van der Waals surface area contributed by atoms with Crippen molar-refractivity contribution in [2.24, 2.45) is 0 Å². The largest absolute Gasteiger partial charge is 0.450 e. The monoisotopic (exact) mass is 321 g/mol. The van der Waals surface area contributed by atoms with E-state index >= 15 is 0 Å². The summed E-state index contributed by atoms with van der Waals surface area (Å²) < 4.78 is 5.72. The molecule has 0 bridgehead atoms. The molecule has 122 valence electrons. The molecule has 2 aromatic carbocycles. The summed E-state index contributed by atoms with van der Waals surface area (Å²) in [4.78, 5) is 24.8. The number of hydrogen-bond donors (Lipinski definition) is 1. The van der Waals surface area contributed by atoms with Gasteiger partial charge in [0, 0.05) is 11.8 Å². The van der Waals surface area contributed by atoms with Crippen molar-refractivity contribution in [2.45, 2.75) is 27.7 Å². The lowest BCUT2D eigenvalue weighted by Crippen LogP contribution is -2.16. The molecule has 0 unspecified atom stereocenters. The summed E-state index contributed by atoms with van der Waals surface area (Å²) in [5.74, 6) is -0.414. The third-order valence-corrected chi connectivity index (χ3v) is 4.24. The van der Waals surface area contributed by atoms with E-state index in [1.807, 2.05) is 52.0 Å². The van der Waals surface area contributed by atoms with E-state index in [0.717, 1.165) is 22.3 Å². The summed E-state index contributed by atoms with van der Waals surface area (Å²) >= 11 is 0. The van der Waals surface area contributed by atoms with Crippen LogP contribution < -0.4 is 10.7 Å². The van der Waals surface area contributed by atoms with Gasteiger partial charge in [0.25, 0.3) is 5.91 Å². The Morgan fingerprint density at radius 1 is 1.00 bits per heavy atom. The van der Waals surface area contributed by atoms with Gasteiger partial charge in [-0.15, -0.1) is 0 Å². The van der Waals surface area contributed by atoms with Crippen molar-refractivity contribution in [1.82, 2.24) is 0 Å². The van der Waals surface area contributed by atoms with Crippen LogP contribution in [0.5, 0.6) is 0 Å². The molecule has 1 N–H and O–H groups in total. The second-order valence-corrected chi connectivity index (χ2v) is 6.14. The fraction of sp³-hybridized carbons (Fsp3) is 0.200. The van der Waals surface area contributed by atoms with Gasteiger partial charge in [-0.2, -0.15) is 0 Å². The highest BCUT2D eigenvalue weighted by Gasteiger charge is 2.15. The van der Waals surface area contributed by atoms with Crippen molar-refractivity contribution in [3.63, 3.8) is 0 Å². The molecule has 0 saturated heterocycles. The Morgan fingerprint density at radius 3 is 2.50 bits per heavy atom. The molecule has 0 radical (unpaired) electrons. The molecule has 3 rings (SSSR count). The molecule has 3 aromatic rings. The average molecular weight is 321 g/mol. The van der Waals surface area contributed by atoms with Crippen LogP contribution in [0.25, 0.3) is 11.0 Å². The molecule has 4 nitrogen and oxygen atoms in total. The molecule has 0 saturated carbocycles. The van der Waals surface area contributed by atoms with Gasteiger partial charge in [0.15, 0.2) is 11.2 Å². The van der Waals surface area contributed by atoms with Crippen molar-refractivity contribution in [3.8, 4) is 0 Å². The van der Waals surface area contributed by atoms with Crippen LogP contribution in [-0.2, 0) is 0 Å². The average Bonchev–Trinajstić information content (AvgIpc) is 2.52. The van der Waals surface area contributed by atoms with E-state index in [4.69, 9.17) is 4.42 Å². The molecule has 0 aliphatic rings. The van der Waals surface area contributed by atoms with Gasteiger partial charge in [0.05, 0.1) is 5.39 Å². The van der Waals surface area contributed by atoms with Crippen molar-refractivity contribution in [2.75, 3.05) is 5.32 Å². The number of fused-ring (bicyclic) bond motifs is 1. The Labute approximate surface area is 140 Å². The first kappa shape index (κ1) is 16.0. The molecule has 1 heterocycles. The fourth-order valence-corrected chi connectivity index (χ4v) is 2.79. The van der Waals surface area contributed by atoms with Crippen LogP contribution in [0.1, 0.15) is 32.8 Å². The predicted octanol–water partition coefficient (Wildman–Crippen LogP) is 4.28. The van der Waals surface area contributed by atoms with E-state index in [1.54, 1.807) is 6.07 Å². The maximum atomic E-state index is 12.5. The van der Waals surface area contributed by atoms with Crippen molar-refractivity contribution < 1.29 is 9.21 Å². The van der Waals surface area contributed by atoms with Gasteiger partial charge >= 0.3 is 0 Å². The summed E-state index contributed by atoms with van der Waals surface area (Å²) in [7, 11) is 0. The van der Waals surface area contributed by atoms with E-state index in [9.17, 15) is 9.59 Å². The first-order chi connectivity index (χ1) is 11.4. The topological polar surface area (TPSA) is 59.3 Å². The van der Waals surface area contributed by atoms with Gasteiger partial charge in [0.2, 0.25) is 0 Å². The lowest BCUT2D eigenvalue weighted by molar-refractivity contribution is 0.0997. The highest BCUT2D eigenvalue weighted by atomic mass is 16.3. The molecular weight excluding hydrogens is 302 g/mol. The zero-order chi connectivity index (χ0) is 17.4. The second-order valence-electron chi connectivity index (χ2n) is 6.14. The van der Waals surface area contributed by atoms with E-state index in [-0.39, 0.29) is 11.2 Å². The quantitative estimate of drug-likeness (QED) is 0.766. The van der Waals surface area contributed by atoms with Crippen LogP contribution in [0.3, 0.4) is 0 Å². The number of rotatable bonds is 2. The highest BCUT2D eigenvalue weighted by molar-refractivity contribution is 6.03. The van der Waals surface area contributed by atoms with E-state index < -0.39 is 5.91 Å². The van der Waals surface area contributed by atoms with Crippen LogP contribution in [0.2, 0.25) is 0 Å². The van der Waals surface area contributed by atoms with Crippen LogP contribution in [0.4, 0.5) is 5.69 Å². The van der Waals surface area contributed by atoms with Crippen molar-refractivity contribution >= 4 is 22.6 Å². The summed E-state index contributed by atoms with van der Waals surface area (Å²) in [5.41, 5.74) is 4.85. The van der Waals surface area contributed by atoms with Crippen LogP contribution in [0.15, 0.2) is 45.6 Å². The van der Waals surface area contributed by atoms with Crippen LogP contribution in [-0.4, -0.2) is 5.91 Å². The summed E-state index contributed by atoms with van der Waals surface area (Å²) in [6, 6.07) is 10.6. The van der Waals surface area contributed by atoms with Gasteiger partial charge in [-0.05, 0) is 62.1 Å². The van der Waals surface area contributed by atoms with Crippen LogP contribution in [0, 0.1) is 27.7 Å². The maximum Gasteiger partial charge on any atom is 0.291 e. The fourth-order valence-electron chi connectivity index (χ4n) is 2.79. The second kappa shape index (κ2) is 5.96. The highest BCUT2D eigenvalue weighted by Crippen LogP contribution is 2.21. The third kappa shape index (κ3) is 2.83. The standard InChI is InChI=1S/C20H19NO3/c1-11-8-13(3)19-15(9-11)17(22)10-18(24-19)20(23)21-16-7-5-6-12(2)14(16)4/h5-10H,1-4H3,(H,21,23). The molecule has 1 amide bonds. The minimum Gasteiger partial charge on any atom is -0.450 e.